The highest BCUT2D eigenvalue weighted by atomic mass is 19.4. The molecule has 2 atom stereocenters. The third-order valence-electron chi connectivity index (χ3n) is 2.82. The summed E-state index contributed by atoms with van der Waals surface area (Å²) in [6, 6.07) is 4.49. The summed E-state index contributed by atoms with van der Waals surface area (Å²) >= 11 is 0. The van der Waals surface area contributed by atoms with E-state index in [0.29, 0.717) is 5.56 Å². The van der Waals surface area contributed by atoms with Gasteiger partial charge in [-0.3, -0.25) is 0 Å². The second kappa shape index (κ2) is 5.71. The Balaban J connectivity index is 2.91. The van der Waals surface area contributed by atoms with Crippen molar-refractivity contribution < 1.29 is 23.0 Å². The van der Waals surface area contributed by atoms with E-state index in [1.54, 1.807) is 0 Å². The van der Waals surface area contributed by atoms with Gasteiger partial charge in [-0.15, -0.1) is 0 Å². The second-order valence-corrected chi connectivity index (χ2v) is 4.51. The van der Waals surface area contributed by atoms with E-state index in [2.05, 4.69) is 0 Å². The Morgan fingerprint density at radius 1 is 1.11 bits per heavy atom. The lowest BCUT2D eigenvalue weighted by Gasteiger charge is -2.25. The van der Waals surface area contributed by atoms with E-state index in [1.807, 2.05) is 13.8 Å². The van der Waals surface area contributed by atoms with E-state index in [4.69, 9.17) is 4.74 Å². The molecule has 0 saturated heterocycles. The van der Waals surface area contributed by atoms with Crippen LogP contribution in [0.25, 0.3) is 0 Å². The lowest BCUT2D eigenvalue weighted by atomic mass is 9.95. The molecule has 2 unspecified atom stereocenters. The molecule has 0 aliphatic rings. The third-order valence-corrected chi connectivity index (χ3v) is 2.82. The van der Waals surface area contributed by atoms with Crippen LogP contribution in [-0.2, 0) is 10.9 Å². The smallest absolute Gasteiger partial charge is 0.386 e. The Hall–Kier alpha value is -1.07. The molecule has 0 fully saturated rings. The molecule has 0 aromatic heterocycles. The summed E-state index contributed by atoms with van der Waals surface area (Å²) < 4.78 is 42.3. The van der Waals surface area contributed by atoms with Crippen LogP contribution >= 0.6 is 0 Å². The summed E-state index contributed by atoms with van der Waals surface area (Å²) in [5.74, 6) is 0.0623. The normalized spacial score (nSPS) is 15.8. The molecule has 102 valence electrons. The highest BCUT2D eigenvalue weighted by Crippen LogP contribution is 2.31. The fraction of sp³-hybridized carbons (Fsp3) is 0.538. The number of alkyl halides is 3. The zero-order valence-electron chi connectivity index (χ0n) is 10.5. The fourth-order valence-corrected chi connectivity index (χ4v) is 1.82. The first kappa shape index (κ1) is 15.0. The van der Waals surface area contributed by atoms with Gasteiger partial charge in [0.1, 0.15) is 6.10 Å². The summed E-state index contributed by atoms with van der Waals surface area (Å²) in [6.07, 6.45) is -5.73. The monoisotopic (exact) mass is 262 g/mol. The van der Waals surface area contributed by atoms with Gasteiger partial charge in [0.2, 0.25) is 0 Å². The van der Waals surface area contributed by atoms with Crippen molar-refractivity contribution >= 4 is 0 Å². The molecule has 5 heteroatoms. The maximum atomic E-state index is 12.4. The summed E-state index contributed by atoms with van der Waals surface area (Å²) in [4.78, 5) is 0. The topological polar surface area (TPSA) is 29.5 Å². The standard InChI is InChI=1S/C13H17F3O2/c1-8(2)12(18-3)11(17)9-4-6-10(7-5-9)13(14,15)16/h4-8,11-12,17H,1-3H3. The van der Waals surface area contributed by atoms with Crippen molar-refractivity contribution in [2.24, 2.45) is 5.92 Å². The molecule has 0 radical (unpaired) electrons. The Labute approximate surface area is 104 Å². The molecular weight excluding hydrogens is 245 g/mol. The number of methoxy groups -OCH3 is 1. The Morgan fingerprint density at radius 2 is 1.61 bits per heavy atom. The summed E-state index contributed by atoms with van der Waals surface area (Å²) in [7, 11) is 1.47. The lowest BCUT2D eigenvalue weighted by molar-refractivity contribution is -0.137. The maximum Gasteiger partial charge on any atom is 0.416 e. The first-order valence-corrected chi connectivity index (χ1v) is 5.65. The van der Waals surface area contributed by atoms with E-state index in [1.165, 1.54) is 19.2 Å². The molecule has 0 spiro atoms. The Bertz CT molecular complexity index is 371. The fourth-order valence-electron chi connectivity index (χ4n) is 1.82. The van der Waals surface area contributed by atoms with Crippen molar-refractivity contribution in [3.63, 3.8) is 0 Å². The number of halogens is 3. The van der Waals surface area contributed by atoms with Crippen molar-refractivity contribution in [3.8, 4) is 0 Å². The highest BCUT2D eigenvalue weighted by Gasteiger charge is 2.31. The number of aliphatic hydroxyl groups excluding tert-OH is 1. The molecule has 0 aliphatic carbocycles. The minimum atomic E-state index is -4.36. The van der Waals surface area contributed by atoms with Crippen molar-refractivity contribution in [2.45, 2.75) is 32.2 Å². The van der Waals surface area contributed by atoms with Crippen LogP contribution in [0.15, 0.2) is 24.3 Å². The van der Waals surface area contributed by atoms with Crippen LogP contribution in [0.5, 0.6) is 0 Å². The van der Waals surface area contributed by atoms with Crippen LogP contribution in [0, 0.1) is 5.92 Å². The minimum absolute atomic E-state index is 0.0623. The van der Waals surface area contributed by atoms with Gasteiger partial charge in [0.15, 0.2) is 0 Å². The summed E-state index contributed by atoms with van der Waals surface area (Å²) in [5.41, 5.74) is -0.305. The van der Waals surface area contributed by atoms with Gasteiger partial charge in [-0.05, 0) is 23.6 Å². The van der Waals surface area contributed by atoms with Gasteiger partial charge in [-0.25, -0.2) is 0 Å². The summed E-state index contributed by atoms with van der Waals surface area (Å²) in [5, 5.41) is 10.0. The zero-order valence-corrected chi connectivity index (χ0v) is 10.5. The predicted octanol–water partition coefficient (Wildman–Crippen LogP) is 3.41. The molecule has 0 heterocycles. The van der Waals surface area contributed by atoms with Crippen LogP contribution in [0.3, 0.4) is 0 Å². The maximum absolute atomic E-state index is 12.4. The predicted molar refractivity (Wildman–Crippen MR) is 62.0 cm³/mol. The first-order valence-electron chi connectivity index (χ1n) is 5.65. The molecule has 2 nitrogen and oxygen atoms in total. The van der Waals surface area contributed by atoms with Gasteiger partial charge in [0.05, 0.1) is 11.7 Å². The lowest BCUT2D eigenvalue weighted by Crippen LogP contribution is -2.26. The van der Waals surface area contributed by atoms with Gasteiger partial charge in [-0.2, -0.15) is 13.2 Å². The number of rotatable bonds is 4. The van der Waals surface area contributed by atoms with Crippen molar-refractivity contribution in [2.75, 3.05) is 7.11 Å². The van der Waals surface area contributed by atoms with E-state index in [9.17, 15) is 18.3 Å². The van der Waals surface area contributed by atoms with E-state index >= 15 is 0 Å². The average Bonchev–Trinajstić information content (AvgIpc) is 2.28. The van der Waals surface area contributed by atoms with Crippen LogP contribution in [-0.4, -0.2) is 18.3 Å². The van der Waals surface area contributed by atoms with E-state index in [0.717, 1.165) is 12.1 Å². The molecule has 0 aliphatic heterocycles. The number of benzene rings is 1. The Kier molecular flexibility index (Phi) is 4.76. The molecule has 1 aromatic carbocycles. The number of hydrogen-bond acceptors (Lipinski definition) is 2. The van der Waals surface area contributed by atoms with Crippen LogP contribution in [0.4, 0.5) is 13.2 Å². The minimum Gasteiger partial charge on any atom is -0.386 e. The van der Waals surface area contributed by atoms with E-state index in [-0.39, 0.29) is 5.92 Å². The van der Waals surface area contributed by atoms with E-state index < -0.39 is 23.9 Å². The van der Waals surface area contributed by atoms with Crippen molar-refractivity contribution in [1.82, 2.24) is 0 Å². The molecule has 0 amide bonds. The highest BCUT2D eigenvalue weighted by molar-refractivity contribution is 5.26. The Morgan fingerprint density at radius 3 is 1.94 bits per heavy atom. The van der Waals surface area contributed by atoms with Gasteiger partial charge in [0, 0.05) is 7.11 Å². The first-order chi connectivity index (χ1) is 8.27. The molecular formula is C13H17F3O2. The third kappa shape index (κ3) is 3.46. The van der Waals surface area contributed by atoms with Crippen molar-refractivity contribution in [1.29, 1.82) is 0 Å². The number of ether oxygens (including phenoxy) is 1. The van der Waals surface area contributed by atoms with Crippen LogP contribution < -0.4 is 0 Å². The summed E-state index contributed by atoms with van der Waals surface area (Å²) in [6.45, 7) is 3.75. The molecule has 1 N–H and O–H groups in total. The quantitative estimate of drug-likeness (QED) is 0.901. The van der Waals surface area contributed by atoms with Gasteiger partial charge < -0.3 is 9.84 Å². The van der Waals surface area contributed by atoms with Crippen LogP contribution in [0.2, 0.25) is 0 Å². The van der Waals surface area contributed by atoms with Crippen LogP contribution in [0.1, 0.15) is 31.1 Å². The van der Waals surface area contributed by atoms with Gasteiger partial charge in [-0.1, -0.05) is 26.0 Å². The number of aliphatic hydroxyl groups is 1. The molecule has 1 aromatic rings. The zero-order chi connectivity index (χ0) is 13.9. The van der Waals surface area contributed by atoms with Crippen molar-refractivity contribution in [3.05, 3.63) is 35.4 Å². The molecule has 1 rings (SSSR count). The largest absolute Gasteiger partial charge is 0.416 e. The number of hydrogen-bond donors (Lipinski definition) is 1. The SMILES string of the molecule is COC(C(C)C)C(O)c1ccc(C(F)(F)F)cc1. The molecule has 18 heavy (non-hydrogen) atoms. The average molecular weight is 262 g/mol. The van der Waals surface area contributed by atoms with Gasteiger partial charge >= 0.3 is 6.18 Å². The second-order valence-electron chi connectivity index (χ2n) is 4.51. The molecule has 0 bridgehead atoms. The molecule has 0 saturated carbocycles. The van der Waals surface area contributed by atoms with Gasteiger partial charge in [0.25, 0.3) is 0 Å².